The van der Waals surface area contributed by atoms with Crippen LogP contribution in [-0.4, -0.2) is 18.6 Å². The van der Waals surface area contributed by atoms with Crippen molar-refractivity contribution in [2.45, 2.75) is 44.6 Å². The Morgan fingerprint density at radius 2 is 2.21 bits per heavy atom. The molecule has 1 atom stereocenters. The summed E-state index contributed by atoms with van der Waals surface area (Å²) in [6.45, 7) is 0.657. The summed E-state index contributed by atoms with van der Waals surface area (Å²) in [6.07, 6.45) is 5.68. The van der Waals surface area contributed by atoms with Crippen LogP contribution in [0.1, 0.15) is 41.7 Å². The van der Waals surface area contributed by atoms with Crippen LogP contribution in [0.4, 0.5) is 5.00 Å². The standard InChI is InChI=1S/C14H16N2O2S/c15-8-10-9-4-1-2-6-12(9)19-14(10)16-13(17)11-5-3-7-18-11/h11H,1-7H2,(H,16,17). The van der Waals surface area contributed by atoms with Gasteiger partial charge in [0.05, 0.1) is 5.56 Å². The lowest BCUT2D eigenvalue weighted by Gasteiger charge is -2.10. The molecule has 2 aliphatic rings. The van der Waals surface area contributed by atoms with Gasteiger partial charge < -0.3 is 10.1 Å². The number of nitriles is 1. The second-order valence-electron chi connectivity index (χ2n) is 5.02. The van der Waals surface area contributed by atoms with Gasteiger partial charge in [0.1, 0.15) is 17.2 Å². The number of carbonyl (C=O) groups is 1. The van der Waals surface area contributed by atoms with Crippen LogP contribution in [0.5, 0.6) is 0 Å². The topological polar surface area (TPSA) is 62.1 Å². The van der Waals surface area contributed by atoms with Crippen LogP contribution in [0.3, 0.4) is 0 Å². The zero-order valence-electron chi connectivity index (χ0n) is 10.7. The van der Waals surface area contributed by atoms with Crippen LogP contribution >= 0.6 is 11.3 Å². The van der Waals surface area contributed by atoms with Crippen molar-refractivity contribution >= 4 is 22.2 Å². The normalized spacial score (nSPS) is 21.7. The molecule has 0 radical (unpaired) electrons. The molecule has 1 amide bonds. The molecule has 0 saturated carbocycles. The van der Waals surface area contributed by atoms with Gasteiger partial charge in [0, 0.05) is 11.5 Å². The maximum absolute atomic E-state index is 12.1. The molecule has 0 aromatic carbocycles. The van der Waals surface area contributed by atoms with Gasteiger partial charge in [-0.2, -0.15) is 5.26 Å². The number of anilines is 1. The quantitative estimate of drug-likeness (QED) is 0.903. The summed E-state index contributed by atoms with van der Waals surface area (Å²) in [5.41, 5.74) is 1.83. The molecule has 1 aliphatic heterocycles. The van der Waals surface area contributed by atoms with E-state index in [0.717, 1.165) is 42.7 Å². The van der Waals surface area contributed by atoms with Crippen molar-refractivity contribution in [3.63, 3.8) is 0 Å². The smallest absolute Gasteiger partial charge is 0.254 e. The number of aryl methyl sites for hydroxylation is 1. The molecule has 0 spiro atoms. The molecule has 0 bridgehead atoms. The number of nitrogens with zero attached hydrogens (tertiary/aromatic N) is 1. The molecular weight excluding hydrogens is 260 g/mol. The van der Waals surface area contributed by atoms with E-state index in [9.17, 15) is 10.1 Å². The van der Waals surface area contributed by atoms with Gasteiger partial charge in [0.2, 0.25) is 0 Å². The van der Waals surface area contributed by atoms with Crippen molar-refractivity contribution in [2.24, 2.45) is 0 Å². The predicted octanol–water partition coefficient (Wildman–Crippen LogP) is 2.62. The number of hydrogen-bond acceptors (Lipinski definition) is 4. The van der Waals surface area contributed by atoms with E-state index in [2.05, 4.69) is 11.4 Å². The van der Waals surface area contributed by atoms with E-state index >= 15 is 0 Å². The maximum Gasteiger partial charge on any atom is 0.254 e. The van der Waals surface area contributed by atoms with Gasteiger partial charge in [-0.15, -0.1) is 11.3 Å². The summed E-state index contributed by atoms with van der Waals surface area (Å²) in [5, 5.41) is 12.9. The molecular formula is C14H16N2O2S. The lowest BCUT2D eigenvalue weighted by Crippen LogP contribution is -2.26. The minimum atomic E-state index is -0.342. The highest BCUT2D eigenvalue weighted by Crippen LogP contribution is 2.37. The first-order valence-corrected chi connectivity index (χ1v) is 7.58. The molecule has 19 heavy (non-hydrogen) atoms. The molecule has 1 aromatic rings. The van der Waals surface area contributed by atoms with E-state index < -0.39 is 0 Å². The number of ether oxygens (including phenoxy) is 1. The molecule has 1 fully saturated rings. The minimum absolute atomic E-state index is 0.104. The van der Waals surface area contributed by atoms with Crippen LogP contribution in [0, 0.1) is 11.3 Å². The SMILES string of the molecule is N#Cc1c(NC(=O)C2CCCO2)sc2c1CCCC2. The first-order valence-electron chi connectivity index (χ1n) is 6.76. The molecule has 2 heterocycles. The number of rotatable bonds is 2. The van der Waals surface area contributed by atoms with Crippen LogP contribution in [0.2, 0.25) is 0 Å². The Labute approximate surface area is 116 Å². The van der Waals surface area contributed by atoms with E-state index in [1.54, 1.807) is 11.3 Å². The third kappa shape index (κ3) is 2.38. The Bertz CT molecular complexity index is 538. The van der Waals surface area contributed by atoms with E-state index in [1.807, 2.05) is 0 Å². The number of thiophene rings is 1. The van der Waals surface area contributed by atoms with Crippen molar-refractivity contribution in [1.82, 2.24) is 0 Å². The van der Waals surface area contributed by atoms with Gasteiger partial charge in [-0.25, -0.2) is 0 Å². The number of carbonyl (C=O) groups excluding carboxylic acids is 1. The first-order chi connectivity index (χ1) is 9.29. The third-order valence-electron chi connectivity index (χ3n) is 3.74. The molecule has 100 valence electrons. The first kappa shape index (κ1) is 12.6. The number of fused-ring (bicyclic) bond motifs is 1. The summed E-state index contributed by atoms with van der Waals surface area (Å²) in [6, 6.07) is 2.25. The third-order valence-corrected chi connectivity index (χ3v) is 4.95. The van der Waals surface area contributed by atoms with Gasteiger partial charge in [0.25, 0.3) is 5.91 Å². The Kier molecular flexibility index (Phi) is 3.54. The zero-order valence-corrected chi connectivity index (χ0v) is 11.5. The van der Waals surface area contributed by atoms with Crippen molar-refractivity contribution in [1.29, 1.82) is 5.26 Å². The Balaban J connectivity index is 1.82. The van der Waals surface area contributed by atoms with E-state index in [0.29, 0.717) is 12.2 Å². The molecule has 3 rings (SSSR count). The van der Waals surface area contributed by atoms with Crippen molar-refractivity contribution in [2.75, 3.05) is 11.9 Å². The molecule has 1 saturated heterocycles. The summed E-state index contributed by atoms with van der Waals surface area (Å²) in [5.74, 6) is -0.104. The monoisotopic (exact) mass is 276 g/mol. The van der Waals surface area contributed by atoms with E-state index in [4.69, 9.17) is 4.74 Å². The number of nitrogens with one attached hydrogen (secondary N) is 1. The van der Waals surface area contributed by atoms with Crippen molar-refractivity contribution in [3.8, 4) is 6.07 Å². The van der Waals surface area contributed by atoms with Crippen molar-refractivity contribution in [3.05, 3.63) is 16.0 Å². The molecule has 1 N–H and O–H groups in total. The van der Waals surface area contributed by atoms with Gasteiger partial charge in [-0.05, 0) is 44.1 Å². The van der Waals surface area contributed by atoms with E-state index in [1.165, 1.54) is 11.3 Å². The fourth-order valence-electron chi connectivity index (χ4n) is 2.75. The second-order valence-corrected chi connectivity index (χ2v) is 6.12. The lowest BCUT2D eigenvalue weighted by molar-refractivity contribution is -0.124. The Morgan fingerprint density at radius 3 is 2.95 bits per heavy atom. The summed E-state index contributed by atoms with van der Waals surface area (Å²) >= 11 is 1.56. The van der Waals surface area contributed by atoms with Gasteiger partial charge in [0.15, 0.2) is 0 Å². The van der Waals surface area contributed by atoms with Crippen LogP contribution < -0.4 is 5.32 Å². The highest BCUT2D eigenvalue weighted by molar-refractivity contribution is 7.16. The molecule has 5 heteroatoms. The highest BCUT2D eigenvalue weighted by Gasteiger charge is 2.27. The zero-order chi connectivity index (χ0) is 13.2. The summed E-state index contributed by atoms with van der Waals surface area (Å²) in [7, 11) is 0. The largest absolute Gasteiger partial charge is 0.368 e. The van der Waals surface area contributed by atoms with E-state index in [-0.39, 0.29) is 12.0 Å². The average Bonchev–Trinajstić information content (AvgIpc) is 3.05. The fraction of sp³-hybridized carbons (Fsp3) is 0.571. The van der Waals surface area contributed by atoms with Crippen LogP contribution in [-0.2, 0) is 22.4 Å². The second kappa shape index (κ2) is 5.32. The molecule has 1 aliphatic carbocycles. The van der Waals surface area contributed by atoms with Gasteiger partial charge in [-0.1, -0.05) is 0 Å². The van der Waals surface area contributed by atoms with Gasteiger partial charge in [-0.3, -0.25) is 4.79 Å². The van der Waals surface area contributed by atoms with Crippen LogP contribution in [0.15, 0.2) is 0 Å². The molecule has 1 aromatic heterocycles. The Hall–Kier alpha value is -1.38. The highest BCUT2D eigenvalue weighted by atomic mass is 32.1. The van der Waals surface area contributed by atoms with Crippen molar-refractivity contribution < 1.29 is 9.53 Å². The average molecular weight is 276 g/mol. The van der Waals surface area contributed by atoms with Gasteiger partial charge >= 0.3 is 0 Å². The summed E-state index contributed by atoms with van der Waals surface area (Å²) < 4.78 is 5.37. The number of hydrogen-bond donors (Lipinski definition) is 1. The number of amides is 1. The molecule has 4 nitrogen and oxygen atoms in total. The fourth-order valence-corrected chi connectivity index (χ4v) is 3.99. The lowest BCUT2D eigenvalue weighted by atomic mass is 9.96. The predicted molar refractivity (Wildman–Crippen MR) is 73.3 cm³/mol. The summed E-state index contributed by atoms with van der Waals surface area (Å²) in [4.78, 5) is 13.3. The molecule has 1 unspecified atom stereocenters. The maximum atomic E-state index is 12.1. The minimum Gasteiger partial charge on any atom is -0.368 e. The van der Waals surface area contributed by atoms with Crippen LogP contribution in [0.25, 0.3) is 0 Å². The Morgan fingerprint density at radius 1 is 1.37 bits per heavy atom.